The Morgan fingerprint density at radius 1 is 1.33 bits per heavy atom. The molecule has 1 heterocycles. The van der Waals surface area contributed by atoms with Crippen molar-refractivity contribution in [2.24, 2.45) is 5.73 Å². The zero-order valence-corrected chi connectivity index (χ0v) is 13.7. The van der Waals surface area contributed by atoms with E-state index in [0.29, 0.717) is 28.6 Å². The van der Waals surface area contributed by atoms with Crippen LogP contribution in [-0.4, -0.2) is 25.0 Å². The average molecular weight is 346 g/mol. The Balaban J connectivity index is 1.95. The minimum absolute atomic E-state index is 0.247. The molecule has 1 aliphatic rings. The maximum absolute atomic E-state index is 12.5. The van der Waals surface area contributed by atoms with Gasteiger partial charge in [0.1, 0.15) is 11.8 Å². The van der Waals surface area contributed by atoms with Crippen molar-refractivity contribution in [3.05, 3.63) is 53.1 Å². The number of fused-ring (bicyclic) bond motifs is 1. The number of carbonyl (C=O) groups excluding carboxylic acids is 2. The van der Waals surface area contributed by atoms with Crippen molar-refractivity contribution in [3.63, 3.8) is 0 Å². The summed E-state index contributed by atoms with van der Waals surface area (Å²) >= 11 is 5.98. The van der Waals surface area contributed by atoms with Crippen molar-refractivity contribution in [2.75, 3.05) is 11.9 Å². The van der Waals surface area contributed by atoms with Gasteiger partial charge in [0.25, 0.3) is 0 Å². The molecule has 2 aromatic carbocycles. The zero-order chi connectivity index (χ0) is 17.3. The predicted molar refractivity (Wildman–Crippen MR) is 91.6 cm³/mol. The summed E-state index contributed by atoms with van der Waals surface area (Å²) in [7, 11) is 1.64. The molecule has 6 nitrogen and oxygen atoms in total. The molecular formula is C17H16ClN3O3. The second kappa shape index (κ2) is 6.41. The fraction of sp³-hybridized carbons (Fsp3) is 0.176. The SMILES string of the molecule is CN1C(=O)C(NC(N)=O)Cc2cccc(Oc3cccc(Cl)c3)c21. The molecule has 1 unspecified atom stereocenters. The maximum Gasteiger partial charge on any atom is 0.312 e. The Kier molecular flexibility index (Phi) is 4.31. The first-order chi connectivity index (χ1) is 11.5. The molecule has 24 heavy (non-hydrogen) atoms. The number of nitrogens with two attached hydrogens (primary N) is 1. The summed E-state index contributed by atoms with van der Waals surface area (Å²) in [6.45, 7) is 0. The molecule has 0 bridgehead atoms. The first kappa shape index (κ1) is 16.1. The van der Waals surface area contributed by atoms with Gasteiger partial charge in [0.15, 0.2) is 5.75 Å². The van der Waals surface area contributed by atoms with E-state index in [-0.39, 0.29) is 5.91 Å². The molecule has 0 saturated heterocycles. The van der Waals surface area contributed by atoms with Gasteiger partial charge in [-0.2, -0.15) is 0 Å². The van der Waals surface area contributed by atoms with Gasteiger partial charge in [-0.25, -0.2) is 4.79 Å². The predicted octanol–water partition coefficient (Wildman–Crippen LogP) is 2.69. The van der Waals surface area contributed by atoms with Gasteiger partial charge in [0, 0.05) is 18.5 Å². The van der Waals surface area contributed by atoms with Gasteiger partial charge in [0.05, 0.1) is 5.69 Å². The number of halogens is 1. The molecule has 0 fully saturated rings. The van der Waals surface area contributed by atoms with Crippen molar-refractivity contribution in [2.45, 2.75) is 12.5 Å². The molecular weight excluding hydrogens is 330 g/mol. The number of anilines is 1. The normalized spacial score (nSPS) is 16.5. The van der Waals surface area contributed by atoms with Crippen LogP contribution in [0.4, 0.5) is 10.5 Å². The number of nitrogens with one attached hydrogen (secondary N) is 1. The van der Waals surface area contributed by atoms with E-state index in [1.165, 1.54) is 4.90 Å². The standard InChI is InChI=1S/C17H16ClN3O3/c1-21-15-10(8-13(16(21)22)20-17(19)23)4-2-7-14(15)24-12-6-3-5-11(18)9-12/h2-7,9,13H,8H2,1H3,(H3,19,20,23). The van der Waals surface area contributed by atoms with Gasteiger partial charge in [-0.3, -0.25) is 4.79 Å². The lowest BCUT2D eigenvalue weighted by atomic mass is 9.97. The van der Waals surface area contributed by atoms with Crippen molar-refractivity contribution >= 4 is 29.2 Å². The highest BCUT2D eigenvalue weighted by atomic mass is 35.5. The second-order valence-corrected chi connectivity index (χ2v) is 5.92. The van der Waals surface area contributed by atoms with Crippen LogP contribution in [0.5, 0.6) is 11.5 Å². The van der Waals surface area contributed by atoms with E-state index < -0.39 is 12.1 Å². The Morgan fingerprint density at radius 3 is 2.79 bits per heavy atom. The van der Waals surface area contributed by atoms with Gasteiger partial charge in [-0.15, -0.1) is 0 Å². The third-order valence-corrected chi connectivity index (χ3v) is 4.05. The lowest BCUT2D eigenvalue weighted by Gasteiger charge is -2.32. The summed E-state index contributed by atoms with van der Waals surface area (Å²) in [6, 6.07) is 11.1. The van der Waals surface area contributed by atoms with Crippen LogP contribution in [0.15, 0.2) is 42.5 Å². The third-order valence-electron chi connectivity index (χ3n) is 3.81. The van der Waals surface area contributed by atoms with Crippen molar-refractivity contribution in [1.82, 2.24) is 5.32 Å². The minimum Gasteiger partial charge on any atom is -0.455 e. The van der Waals surface area contributed by atoms with E-state index in [9.17, 15) is 9.59 Å². The number of rotatable bonds is 3. The van der Waals surface area contributed by atoms with E-state index >= 15 is 0 Å². The van der Waals surface area contributed by atoms with Crippen LogP contribution < -0.4 is 20.7 Å². The Hall–Kier alpha value is -2.73. The van der Waals surface area contributed by atoms with Crippen molar-refractivity contribution < 1.29 is 14.3 Å². The summed E-state index contributed by atoms with van der Waals surface area (Å²) in [4.78, 5) is 25.0. The topological polar surface area (TPSA) is 84.7 Å². The van der Waals surface area contributed by atoms with Gasteiger partial charge in [-0.1, -0.05) is 29.8 Å². The molecule has 1 aliphatic heterocycles. The molecule has 3 N–H and O–H groups in total. The van der Waals surface area contributed by atoms with E-state index in [1.54, 1.807) is 37.4 Å². The number of hydrogen-bond donors (Lipinski definition) is 2. The smallest absolute Gasteiger partial charge is 0.312 e. The number of likely N-dealkylation sites (N-methyl/N-ethyl adjacent to an activating group) is 1. The fourth-order valence-electron chi connectivity index (χ4n) is 2.79. The van der Waals surface area contributed by atoms with Gasteiger partial charge >= 0.3 is 6.03 Å². The van der Waals surface area contributed by atoms with E-state index in [0.717, 1.165) is 5.56 Å². The summed E-state index contributed by atoms with van der Waals surface area (Å²) in [6.07, 6.45) is 0.355. The Morgan fingerprint density at radius 2 is 2.08 bits per heavy atom. The molecule has 3 amide bonds. The molecule has 0 aromatic heterocycles. The van der Waals surface area contributed by atoms with Crippen LogP contribution in [0.3, 0.4) is 0 Å². The molecule has 0 aliphatic carbocycles. The first-order valence-electron chi connectivity index (χ1n) is 7.34. The molecule has 3 rings (SSSR count). The van der Waals surface area contributed by atoms with Crippen LogP contribution in [0.1, 0.15) is 5.56 Å². The largest absolute Gasteiger partial charge is 0.455 e. The highest BCUT2D eigenvalue weighted by Gasteiger charge is 2.33. The van der Waals surface area contributed by atoms with Crippen molar-refractivity contribution in [1.29, 1.82) is 0 Å². The molecule has 0 saturated carbocycles. The van der Waals surface area contributed by atoms with Crippen LogP contribution in [0.25, 0.3) is 0 Å². The molecule has 7 heteroatoms. The number of carbonyl (C=O) groups is 2. The van der Waals surface area contributed by atoms with Crippen molar-refractivity contribution in [3.8, 4) is 11.5 Å². The monoisotopic (exact) mass is 345 g/mol. The maximum atomic E-state index is 12.5. The van der Waals surface area contributed by atoms with Gasteiger partial charge < -0.3 is 20.7 Å². The lowest BCUT2D eigenvalue weighted by Crippen LogP contribution is -2.53. The van der Waals surface area contributed by atoms with Gasteiger partial charge in [-0.05, 0) is 29.8 Å². The number of urea groups is 1. The summed E-state index contributed by atoms with van der Waals surface area (Å²) in [5.74, 6) is 0.876. The van der Waals surface area contributed by atoms with E-state index in [2.05, 4.69) is 5.32 Å². The summed E-state index contributed by atoms with van der Waals surface area (Å²) < 4.78 is 5.90. The first-order valence-corrected chi connectivity index (χ1v) is 7.72. The lowest BCUT2D eigenvalue weighted by molar-refractivity contribution is -0.120. The molecule has 0 radical (unpaired) electrons. The molecule has 0 spiro atoms. The number of para-hydroxylation sites is 1. The van der Waals surface area contributed by atoms with Crippen LogP contribution in [0.2, 0.25) is 5.02 Å². The minimum atomic E-state index is -0.725. The quantitative estimate of drug-likeness (QED) is 0.896. The third kappa shape index (κ3) is 3.14. The number of primary amides is 1. The van der Waals surface area contributed by atoms with Crippen LogP contribution >= 0.6 is 11.6 Å². The summed E-state index contributed by atoms with van der Waals surface area (Å²) in [5.41, 5.74) is 6.70. The van der Waals surface area contributed by atoms with E-state index in [4.69, 9.17) is 22.1 Å². The molecule has 2 aromatic rings. The number of amides is 3. The number of hydrogen-bond acceptors (Lipinski definition) is 3. The average Bonchev–Trinajstić information content (AvgIpc) is 2.52. The molecule has 124 valence electrons. The summed E-state index contributed by atoms with van der Waals surface area (Å²) in [5, 5.41) is 3.03. The Labute approximate surface area is 144 Å². The van der Waals surface area contributed by atoms with E-state index in [1.807, 2.05) is 12.1 Å². The number of ether oxygens (including phenoxy) is 1. The highest BCUT2D eigenvalue weighted by Crippen LogP contribution is 2.38. The van der Waals surface area contributed by atoms with Crippen LogP contribution in [0, 0.1) is 0 Å². The van der Waals surface area contributed by atoms with Crippen LogP contribution in [-0.2, 0) is 11.2 Å². The van der Waals surface area contributed by atoms with Gasteiger partial charge in [0.2, 0.25) is 5.91 Å². The highest BCUT2D eigenvalue weighted by molar-refractivity contribution is 6.30. The zero-order valence-electron chi connectivity index (χ0n) is 13.0. The second-order valence-electron chi connectivity index (χ2n) is 5.49. The number of benzene rings is 2. The number of nitrogens with zero attached hydrogens (tertiary/aromatic N) is 1. The molecule has 1 atom stereocenters. The Bertz CT molecular complexity index is 809. The fourth-order valence-corrected chi connectivity index (χ4v) is 2.97.